The van der Waals surface area contributed by atoms with Crippen molar-refractivity contribution in [3.8, 4) is 5.75 Å². The first-order valence-electron chi connectivity index (χ1n) is 4.88. The summed E-state index contributed by atoms with van der Waals surface area (Å²) < 4.78 is 31.0. The molecule has 0 aromatic heterocycles. The summed E-state index contributed by atoms with van der Waals surface area (Å²) in [6, 6.07) is 4.30. The van der Waals surface area contributed by atoms with E-state index in [1.807, 2.05) is 0 Å². The molecular weight excluding hydrogens is 266 g/mol. The average molecular weight is 280 g/mol. The molecule has 0 aliphatic carbocycles. The molecule has 1 aromatic carbocycles. The van der Waals surface area contributed by atoms with Gasteiger partial charge in [-0.2, -0.15) is 0 Å². The van der Waals surface area contributed by atoms with Crippen molar-refractivity contribution < 1.29 is 18.3 Å². The van der Waals surface area contributed by atoms with Gasteiger partial charge in [-0.15, -0.1) is 0 Å². The molecular formula is C10H14ClNO4S. The van der Waals surface area contributed by atoms with Crippen LogP contribution in [0.25, 0.3) is 0 Å². The number of rotatable bonds is 5. The fourth-order valence-corrected chi connectivity index (χ4v) is 2.72. The molecule has 0 spiro atoms. The normalized spacial score (nSPS) is 13.4. The minimum atomic E-state index is -3.74. The lowest BCUT2D eigenvalue weighted by Crippen LogP contribution is -2.30. The summed E-state index contributed by atoms with van der Waals surface area (Å²) in [4.78, 5) is -0.0480. The largest absolute Gasteiger partial charge is 0.495 e. The number of aliphatic hydroxyl groups is 1. The predicted octanol–water partition coefficient (Wildman–Crippen LogP) is 1.01. The Kier molecular flexibility index (Phi) is 4.76. The van der Waals surface area contributed by atoms with Gasteiger partial charge in [-0.3, -0.25) is 0 Å². The van der Waals surface area contributed by atoms with Crippen LogP contribution in [0.15, 0.2) is 23.1 Å². The van der Waals surface area contributed by atoms with Gasteiger partial charge in [-0.05, 0) is 25.1 Å². The Labute approximate surface area is 105 Å². The molecule has 0 bridgehead atoms. The van der Waals surface area contributed by atoms with Gasteiger partial charge in [0.1, 0.15) is 10.6 Å². The first-order chi connectivity index (χ1) is 7.86. The number of hydrogen-bond donors (Lipinski definition) is 2. The SMILES string of the molecule is COc1ccc(Cl)cc1S(=O)(=O)NCC(C)O. The molecule has 0 saturated heterocycles. The van der Waals surface area contributed by atoms with Gasteiger partial charge in [0, 0.05) is 11.6 Å². The van der Waals surface area contributed by atoms with Crippen molar-refractivity contribution in [1.29, 1.82) is 0 Å². The van der Waals surface area contributed by atoms with Gasteiger partial charge in [0.05, 0.1) is 13.2 Å². The lowest BCUT2D eigenvalue weighted by molar-refractivity contribution is 0.198. The van der Waals surface area contributed by atoms with Crippen LogP contribution in [0.1, 0.15) is 6.92 Å². The molecule has 0 heterocycles. The molecule has 0 fully saturated rings. The third-order valence-electron chi connectivity index (χ3n) is 1.98. The molecule has 7 heteroatoms. The van der Waals surface area contributed by atoms with Crippen molar-refractivity contribution in [2.24, 2.45) is 0 Å². The molecule has 0 saturated carbocycles. The number of aliphatic hydroxyl groups excluding tert-OH is 1. The van der Waals surface area contributed by atoms with E-state index in [1.165, 1.54) is 32.2 Å². The minimum absolute atomic E-state index is 0.0480. The summed E-state index contributed by atoms with van der Waals surface area (Å²) in [6.45, 7) is 1.41. The van der Waals surface area contributed by atoms with Crippen LogP contribution in [-0.2, 0) is 10.0 Å². The second kappa shape index (κ2) is 5.68. The van der Waals surface area contributed by atoms with Crippen molar-refractivity contribution >= 4 is 21.6 Å². The van der Waals surface area contributed by atoms with E-state index in [2.05, 4.69) is 4.72 Å². The predicted molar refractivity (Wildman–Crippen MR) is 64.9 cm³/mol. The molecule has 0 amide bonds. The van der Waals surface area contributed by atoms with Crippen LogP contribution >= 0.6 is 11.6 Å². The maximum Gasteiger partial charge on any atom is 0.244 e. The van der Waals surface area contributed by atoms with E-state index in [9.17, 15) is 8.42 Å². The van der Waals surface area contributed by atoms with Crippen molar-refractivity contribution in [2.45, 2.75) is 17.9 Å². The smallest absolute Gasteiger partial charge is 0.244 e. The number of halogens is 1. The second-order valence-electron chi connectivity index (χ2n) is 3.50. The maximum absolute atomic E-state index is 11.9. The van der Waals surface area contributed by atoms with Crippen LogP contribution in [0.5, 0.6) is 5.75 Å². The Morgan fingerprint density at radius 3 is 2.71 bits per heavy atom. The first-order valence-corrected chi connectivity index (χ1v) is 6.74. The topological polar surface area (TPSA) is 75.6 Å². The molecule has 2 N–H and O–H groups in total. The number of hydrogen-bond acceptors (Lipinski definition) is 4. The Bertz CT molecular complexity index is 487. The molecule has 1 rings (SSSR count). The second-order valence-corrected chi connectivity index (χ2v) is 5.67. The van der Waals surface area contributed by atoms with Gasteiger partial charge >= 0.3 is 0 Å². The van der Waals surface area contributed by atoms with Crippen molar-refractivity contribution in [1.82, 2.24) is 4.72 Å². The lowest BCUT2D eigenvalue weighted by atomic mass is 10.3. The zero-order chi connectivity index (χ0) is 13.1. The molecule has 0 aliphatic rings. The summed E-state index contributed by atoms with van der Waals surface area (Å²) >= 11 is 5.75. The molecule has 17 heavy (non-hydrogen) atoms. The zero-order valence-electron chi connectivity index (χ0n) is 9.47. The van der Waals surface area contributed by atoms with Gasteiger partial charge in [0.15, 0.2) is 0 Å². The van der Waals surface area contributed by atoms with Gasteiger partial charge in [-0.1, -0.05) is 11.6 Å². The Morgan fingerprint density at radius 1 is 1.53 bits per heavy atom. The molecule has 0 aliphatic heterocycles. The summed E-state index contributed by atoms with van der Waals surface area (Å²) in [7, 11) is -2.37. The van der Waals surface area contributed by atoms with E-state index < -0.39 is 16.1 Å². The van der Waals surface area contributed by atoms with Crippen molar-refractivity contribution in [3.63, 3.8) is 0 Å². The number of nitrogens with one attached hydrogen (secondary N) is 1. The van der Waals surface area contributed by atoms with Crippen molar-refractivity contribution in [3.05, 3.63) is 23.2 Å². The molecule has 5 nitrogen and oxygen atoms in total. The third kappa shape index (κ3) is 3.85. The quantitative estimate of drug-likeness (QED) is 0.843. The van der Waals surface area contributed by atoms with E-state index in [0.29, 0.717) is 5.02 Å². The molecule has 0 radical (unpaired) electrons. The van der Waals surface area contributed by atoms with Crippen LogP contribution in [0.4, 0.5) is 0 Å². The van der Waals surface area contributed by atoms with Crippen LogP contribution in [-0.4, -0.2) is 33.3 Å². The van der Waals surface area contributed by atoms with Crippen LogP contribution in [0.3, 0.4) is 0 Å². The fourth-order valence-electron chi connectivity index (χ4n) is 1.17. The monoisotopic (exact) mass is 279 g/mol. The van der Waals surface area contributed by atoms with E-state index in [-0.39, 0.29) is 17.2 Å². The molecule has 1 unspecified atom stereocenters. The Hall–Kier alpha value is -0.820. The zero-order valence-corrected chi connectivity index (χ0v) is 11.0. The molecule has 96 valence electrons. The number of benzene rings is 1. The van der Waals surface area contributed by atoms with Gasteiger partial charge in [0.2, 0.25) is 10.0 Å². The average Bonchev–Trinajstić information content (AvgIpc) is 2.26. The van der Waals surface area contributed by atoms with Crippen LogP contribution in [0, 0.1) is 0 Å². The number of methoxy groups -OCH3 is 1. The summed E-state index contributed by atoms with van der Waals surface area (Å²) in [5, 5.41) is 9.35. The highest BCUT2D eigenvalue weighted by Crippen LogP contribution is 2.26. The van der Waals surface area contributed by atoms with Gasteiger partial charge in [-0.25, -0.2) is 13.1 Å². The van der Waals surface area contributed by atoms with Gasteiger partial charge < -0.3 is 9.84 Å². The lowest BCUT2D eigenvalue weighted by Gasteiger charge is -2.11. The highest BCUT2D eigenvalue weighted by molar-refractivity contribution is 7.89. The Balaban J connectivity index is 3.09. The maximum atomic E-state index is 11.9. The Morgan fingerprint density at radius 2 is 2.18 bits per heavy atom. The van der Waals surface area contributed by atoms with E-state index in [1.54, 1.807) is 0 Å². The van der Waals surface area contributed by atoms with Crippen LogP contribution < -0.4 is 9.46 Å². The number of ether oxygens (including phenoxy) is 1. The molecule has 1 aromatic rings. The summed E-state index contributed by atoms with van der Waals surface area (Å²) in [6.07, 6.45) is -0.769. The highest BCUT2D eigenvalue weighted by Gasteiger charge is 2.20. The third-order valence-corrected chi connectivity index (χ3v) is 3.66. The highest BCUT2D eigenvalue weighted by atomic mass is 35.5. The van der Waals surface area contributed by atoms with E-state index in [4.69, 9.17) is 21.4 Å². The standard InChI is InChI=1S/C10H14ClNO4S/c1-7(13)6-12-17(14,15)10-5-8(11)3-4-9(10)16-2/h3-5,7,12-13H,6H2,1-2H3. The molecule has 1 atom stereocenters. The fraction of sp³-hybridized carbons (Fsp3) is 0.400. The van der Waals surface area contributed by atoms with E-state index in [0.717, 1.165) is 0 Å². The number of sulfonamides is 1. The van der Waals surface area contributed by atoms with Crippen LogP contribution in [0.2, 0.25) is 5.02 Å². The summed E-state index contributed by atoms with van der Waals surface area (Å²) in [5.74, 6) is 0.201. The first kappa shape index (κ1) is 14.2. The minimum Gasteiger partial charge on any atom is -0.495 e. The summed E-state index contributed by atoms with van der Waals surface area (Å²) in [5.41, 5.74) is 0. The van der Waals surface area contributed by atoms with Gasteiger partial charge in [0.25, 0.3) is 0 Å². The van der Waals surface area contributed by atoms with E-state index >= 15 is 0 Å². The van der Waals surface area contributed by atoms with Crippen molar-refractivity contribution in [2.75, 3.05) is 13.7 Å².